The third-order valence-electron chi connectivity index (χ3n) is 3.35. The number of halogens is 1. The summed E-state index contributed by atoms with van der Waals surface area (Å²) in [5.74, 6) is 0. The maximum atomic E-state index is 10.1. The Hall–Kier alpha value is -1.84. The first-order valence-electron chi connectivity index (χ1n) is 6.49. The largest absolute Gasteiger partial charge is 0.387 e. The molecule has 1 aromatic carbocycles. The summed E-state index contributed by atoms with van der Waals surface area (Å²) < 4.78 is 1.88. The van der Waals surface area contributed by atoms with E-state index in [2.05, 4.69) is 4.98 Å². The van der Waals surface area contributed by atoms with Crippen LogP contribution in [0.1, 0.15) is 24.3 Å². The smallest absolute Gasteiger partial charge is 0.140 e. The number of aromatic nitrogens is 2. The molecule has 0 amide bonds. The minimum absolute atomic E-state index is 0.627. The van der Waals surface area contributed by atoms with Crippen molar-refractivity contribution in [3.8, 4) is 11.3 Å². The summed E-state index contributed by atoms with van der Waals surface area (Å²) in [6.07, 6.45) is 1.17. The van der Waals surface area contributed by atoms with E-state index in [1.807, 2.05) is 47.7 Å². The highest BCUT2D eigenvalue weighted by Gasteiger charge is 2.19. The van der Waals surface area contributed by atoms with Crippen LogP contribution in [0.5, 0.6) is 0 Å². The van der Waals surface area contributed by atoms with Gasteiger partial charge >= 0.3 is 0 Å². The van der Waals surface area contributed by atoms with Gasteiger partial charge in [-0.3, -0.25) is 4.40 Å². The first-order valence-corrected chi connectivity index (χ1v) is 6.87. The summed E-state index contributed by atoms with van der Waals surface area (Å²) in [5.41, 5.74) is 4.36. The summed E-state index contributed by atoms with van der Waals surface area (Å²) in [5, 5.41) is 10.8. The normalized spacial score (nSPS) is 12.8. The van der Waals surface area contributed by atoms with Crippen LogP contribution in [0, 0.1) is 6.92 Å². The van der Waals surface area contributed by atoms with Gasteiger partial charge in [-0.15, -0.1) is 0 Å². The number of hydrogen-bond donors (Lipinski definition) is 1. The Morgan fingerprint density at radius 3 is 2.60 bits per heavy atom. The molecule has 20 heavy (non-hydrogen) atoms. The third kappa shape index (κ3) is 2.09. The van der Waals surface area contributed by atoms with Crippen LogP contribution in [0.25, 0.3) is 16.9 Å². The van der Waals surface area contributed by atoms with Crippen LogP contribution < -0.4 is 0 Å². The minimum atomic E-state index is -0.627. The first kappa shape index (κ1) is 13.2. The summed E-state index contributed by atoms with van der Waals surface area (Å²) in [6, 6.07) is 11.7. The van der Waals surface area contributed by atoms with Crippen molar-refractivity contribution in [1.29, 1.82) is 0 Å². The Kier molecular flexibility index (Phi) is 3.24. The quantitative estimate of drug-likeness (QED) is 0.773. The van der Waals surface area contributed by atoms with Crippen LogP contribution >= 0.6 is 11.6 Å². The van der Waals surface area contributed by atoms with Gasteiger partial charge < -0.3 is 5.11 Å². The maximum Gasteiger partial charge on any atom is 0.140 e. The number of imidazole rings is 1. The molecule has 3 aromatic rings. The zero-order valence-corrected chi connectivity index (χ0v) is 12.1. The Morgan fingerprint density at radius 2 is 1.95 bits per heavy atom. The lowest BCUT2D eigenvalue weighted by Gasteiger charge is -2.08. The molecule has 102 valence electrons. The van der Waals surface area contributed by atoms with E-state index in [0.717, 1.165) is 28.2 Å². The lowest BCUT2D eigenvalue weighted by atomic mass is 10.1. The Labute approximate surface area is 122 Å². The van der Waals surface area contributed by atoms with Crippen LogP contribution in [0.3, 0.4) is 0 Å². The van der Waals surface area contributed by atoms with E-state index in [9.17, 15) is 5.11 Å². The molecule has 2 heterocycles. The van der Waals surface area contributed by atoms with Gasteiger partial charge in [0.2, 0.25) is 0 Å². The molecule has 0 bridgehead atoms. The molecule has 0 saturated heterocycles. The van der Waals surface area contributed by atoms with Gasteiger partial charge in [0, 0.05) is 11.8 Å². The van der Waals surface area contributed by atoms with Crippen molar-refractivity contribution in [2.24, 2.45) is 0 Å². The number of aliphatic hydroxyl groups excluding tert-OH is 1. The molecule has 0 fully saturated rings. The van der Waals surface area contributed by atoms with Crippen molar-refractivity contribution in [3.63, 3.8) is 0 Å². The molecule has 4 heteroatoms. The molecule has 0 saturated carbocycles. The molecular weight excluding hydrogens is 272 g/mol. The molecule has 0 aliphatic carbocycles. The average Bonchev–Trinajstić information content (AvgIpc) is 2.79. The van der Waals surface area contributed by atoms with Crippen LogP contribution in [0.2, 0.25) is 5.02 Å². The lowest BCUT2D eigenvalue weighted by molar-refractivity contribution is 0.194. The van der Waals surface area contributed by atoms with E-state index >= 15 is 0 Å². The highest BCUT2D eigenvalue weighted by Crippen LogP contribution is 2.30. The fourth-order valence-corrected chi connectivity index (χ4v) is 2.75. The van der Waals surface area contributed by atoms with Gasteiger partial charge in [-0.1, -0.05) is 41.9 Å². The van der Waals surface area contributed by atoms with E-state index < -0.39 is 6.10 Å². The number of pyridine rings is 1. The molecule has 3 rings (SSSR count). The number of hydrogen-bond acceptors (Lipinski definition) is 2. The van der Waals surface area contributed by atoms with Crippen LogP contribution in [0.4, 0.5) is 0 Å². The number of rotatable bonds is 2. The number of aliphatic hydroxyl groups is 1. The molecule has 1 N–H and O–H groups in total. The Morgan fingerprint density at radius 1 is 1.25 bits per heavy atom. The Bertz CT molecular complexity index is 763. The van der Waals surface area contributed by atoms with Crippen molar-refractivity contribution in [1.82, 2.24) is 9.38 Å². The van der Waals surface area contributed by atoms with Gasteiger partial charge in [-0.25, -0.2) is 4.98 Å². The molecule has 0 aliphatic heterocycles. The number of benzene rings is 1. The Balaban J connectivity index is 2.38. The number of nitrogens with zero attached hydrogens (tertiary/aromatic N) is 2. The van der Waals surface area contributed by atoms with E-state index in [4.69, 9.17) is 11.6 Å². The summed E-state index contributed by atoms with van der Waals surface area (Å²) in [4.78, 5) is 4.69. The van der Waals surface area contributed by atoms with Crippen LogP contribution in [-0.2, 0) is 0 Å². The monoisotopic (exact) mass is 286 g/mol. The van der Waals surface area contributed by atoms with Gasteiger partial charge in [-0.05, 0) is 25.5 Å². The lowest BCUT2D eigenvalue weighted by Crippen LogP contribution is -2.00. The van der Waals surface area contributed by atoms with Crippen LogP contribution in [0.15, 0.2) is 42.6 Å². The molecule has 0 spiro atoms. The highest BCUT2D eigenvalue weighted by molar-refractivity contribution is 6.30. The summed E-state index contributed by atoms with van der Waals surface area (Å²) >= 11 is 6.13. The van der Waals surface area contributed by atoms with Gasteiger partial charge in [0.25, 0.3) is 0 Å². The van der Waals surface area contributed by atoms with Crippen molar-refractivity contribution in [2.45, 2.75) is 20.0 Å². The molecule has 2 aromatic heterocycles. The molecule has 3 nitrogen and oxygen atoms in total. The molecule has 0 aliphatic rings. The number of aryl methyl sites for hydroxylation is 1. The van der Waals surface area contributed by atoms with Gasteiger partial charge in [0.1, 0.15) is 5.65 Å². The molecular formula is C16H15ClN2O. The topological polar surface area (TPSA) is 37.5 Å². The van der Waals surface area contributed by atoms with E-state index in [-0.39, 0.29) is 0 Å². The van der Waals surface area contributed by atoms with Gasteiger partial charge in [0.05, 0.1) is 22.5 Å². The zero-order chi connectivity index (χ0) is 14.3. The number of fused-ring (bicyclic) bond motifs is 1. The van der Waals surface area contributed by atoms with Crippen molar-refractivity contribution in [2.75, 3.05) is 0 Å². The average molecular weight is 287 g/mol. The van der Waals surface area contributed by atoms with E-state index in [0.29, 0.717) is 5.02 Å². The second-order valence-electron chi connectivity index (χ2n) is 4.92. The van der Waals surface area contributed by atoms with E-state index in [1.54, 1.807) is 13.1 Å². The van der Waals surface area contributed by atoms with Crippen LogP contribution in [-0.4, -0.2) is 14.5 Å². The molecule has 1 atom stereocenters. The van der Waals surface area contributed by atoms with Crippen molar-refractivity contribution in [3.05, 3.63) is 58.9 Å². The predicted octanol–water partition coefficient (Wildman–Crippen LogP) is 4.02. The second-order valence-corrected chi connectivity index (χ2v) is 5.36. The predicted molar refractivity (Wildman–Crippen MR) is 81.0 cm³/mol. The highest BCUT2D eigenvalue weighted by atomic mass is 35.5. The van der Waals surface area contributed by atoms with Crippen molar-refractivity contribution < 1.29 is 5.11 Å². The minimum Gasteiger partial charge on any atom is -0.387 e. The fraction of sp³-hybridized carbons (Fsp3) is 0.188. The first-order chi connectivity index (χ1) is 9.58. The molecule has 1 unspecified atom stereocenters. The third-order valence-corrected chi connectivity index (χ3v) is 3.56. The van der Waals surface area contributed by atoms with Crippen molar-refractivity contribution >= 4 is 17.2 Å². The summed E-state index contributed by atoms with van der Waals surface area (Å²) in [7, 11) is 0. The second kappa shape index (κ2) is 4.93. The standard InChI is InChI=1S/C16H15ClN2O/c1-10-8-13(17)9-19-15(11(2)20)14(18-16(10)19)12-6-4-3-5-7-12/h3-9,11,20H,1-2H3. The maximum absolute atomic E-state index is 10.1. The molecule has 0 radical (unpaired) electrons. The summed E-state index contributed by atoms with van der Waals surface area (Å²) in [6.45, 7) is 3.71. The zero-order valence-electron chi connectivity index (χ0n) is 11.3. The SMILES string of the molecule is Cc1cc(Cl)cn2c(C(C)O)c(-c3ccccc3)nc12. The fourth-order valence-electron chi connectivity index (χ4n) is 2.49. The van der Waals surface area contributed by atoms with Gasteiger partial charge in [0.15, 0.2) is 0 Å². The van der Waals surface area contributed by atoms with E-state index in [1.165, 1.54) is 0 Å². The van der Waals surface area contributed by atoms with Gasteiger partial charge in [-0.2, -0.15) is 0 Å².